The van der Waals surface area contributed by atoms with Crippen LogP contribution in [0.25, 0.3) is 10.8 Å². The van der Waals surface area contributed by atoms with E-state index in [0.29, 0.717) is 5.69 Å². The molecule has 82 valence electrons. The number of carbonyl (C=O) groups is 1. The summed E-state index contributed by atoms with van der Waals surface area (Å²) in [5.41, 5.74) is 2.38. The van der Waals surface area contributed by atoms with Gasteiger partial charge in [0, 0.05) is 11.6 Å². The minimum atomic E-state index is -0.407. The molecule has 0 unspecified atom stereocenters. The fraction of sp³-hybridized carbons (Fsp3) is 0.0909. The van der Waals surface area contributed by atoms with Crippen LogP contribution in [0.15, 0.2) is 30.5 Å². The lowest BCUT2D eigenvalue weighted by Crippen LogP contribution is -2.30. The monoisotopic (exact) mass is 217 g/mol. The summed E-state index contributed by atoms with van der Waals surface area (Å²) in [5.74, 6) is 5.41. The van der Waals surface area contributed by atoms with Gasteiger partial charge in [-0.2, -0.15) is 0 Å². The summed E-state index contributed by atoms with van der Waals surface area (Å²) >= 11 is 0. The summed E-state index contributed by atoms with van der Waals surface area (Å²) < 4.78 is 5.10. The topological polar surface area (TPSA) is 77.2 Å². The Labute approximate surface area is 92.2 Å². The third kappa shape index (κ3) is 1.68. The smallest absolute Gasteiger partial charge is 0.284 e. The molecule has 5 heteroatoms. The van der Waals surface area contributed by atoms with Crippen LogP contribution in [-0.4, -0.2) is 18.0 Å². The lowest BCUT2D eigenvalue weighted by atomic mass is 10.1. The van der Waals surface area contributed by atoms with E-state index in [2.05, 4.69) is 10.4 Å². The number of rotatable bonds is 2. The summed E-state index contributed by atoms with van der Waals surface area (Å²) in [6.07, 6.45) is 1.56. The fourth-order valence-electron chi connectivity index (χ4n) is 1.53. The first-order chi connectivity index (χ1) is 7.76. The predicted octanol–water partition coefficient (Wildman–Crippen LogP) is 0.847. The van der Waals surface area contributed by atoms with Crippen molar-refractivity contribution in [2.45, 2.75) is 0 Å². The second-order valence-electron chi connectivity index (χ2n) is 3.22. The zero-order chi connectivity index (χ0) is 11.5. The second kappa shape index (κ2) is 4.16. The van der Waals surface area contributed by atoms with E-state index in [1.807, 2.05) is 12.1 Å². The van der Waals surface area contributed by atoms with Gasteiger partial charge < -0.3 is 4.74 Å². The van der Waals surface area contributed by atoms with Crippen LogP contribution in [0.3, 0.4) is 0 Å². The van der Waals surface area contributed by atoms with Crippen LogP contribution in [0, 0.1) is 0 Å². The summed E-state index contributed by atoms with van der Waals surface area (Å²) in [5, 5.41) is 1.62. The van der Waals surface area contributed by atoms with Crippen LogP contribution in [0.1, 0.15) is 10.5 Å². The molecule has 2 rings (SSSR count). The average molecular weight is 217 g/mol. The fourth-order valence-corrected chi connectivity index (χ4v) is 1.53. The number of carbonyl (C=O) groups excluding carboxylic acids is 1. The lowest BCUT2D eigenvalue weighted by molar-refractivity contribution is 0.0950. The Balaban J connectivity index is 2.65. The summed E-state index contributed by atoms with van der Waals surface area (Å²) in [7, 11) is 1.59. The number of ether oxygens (including phenoxy) is 1. The number of methoxy groups -OCH3 is 1. The molecule has 0 aliphatic rings. The Morgan fingerprint density at radius 2 is 2.25 bits per heavy atom. The molecule has 5 nitrogen and oxygen atoms in total. The van der Waals surface area contributed by atoms with Crippen molar-refractivity contribution >= 4 is 16.7 Å². The van der Waals surface area contributed by atoms with Gasteiger partial charge in [0.15, 0.2) is 0 Å². The number of nitrogens with zero attached hydrogens (tertiary/aromatic N) is 1. The van der Waals surface area contributed by atoms with Crippen molar-refractivity contribution in [2.24, 2.45) is 5.84 Å². The number of nitrogen functional groups attached to an aromatic ring is 1. The van der Waals surface area contributed by atoms with Crippen molar-refractivity contribution in [3.8, 4) is 5.75 Å². The van der Waals surface area contributed by atoms with Crippen LogP contribution in [0.5, 0.6) is 5.75 Å². The minimum absolute atomic E-state index is 0.308. The van der Waals surface area contributed by atoms with Crippen LogP contribution < -0.4 is 16.0 Å². The molecule has 0 spiro atoms. The van der Waals surface area contributed by atoms with E-state index in [4.69, 9.17) is 10.6 Å². The molecule has 2 aromatic rings. The first-order valence-corrected chi connectivity index (χ1v) is 4.70. The number of hydrazine groups is 1. The quantitative estimate of drug-likeness (QED) is 0.444. The van der Waals surface area contributed by atoms with Crippen molar-refractivity contribution in [1.82, 2.24) is 10.4 Å². The SMILES string of the molecule is COc1ccc2c(C(=O)NN)nccc2c1. The number of amides is 1. The third-order valence-corrected chi connectivity index (χ3v) is 2.32. The molecule has 1 heterocycles. The van der Waals surface area contributed by atoms with Gasteiger partial charge in [-0.1, -0.05) is 0 Å². The molecule has 0 radical (unpaired) electrons. The molecule has 1 aromatic carbocycles. The van der Waals surface area contributed by atoms with Gasteiger partial charge in [0.05, 0.1) is 7.11 Å². The molecule has 0 saturated heterocycles. The molecule has 3 N–H and O–H groups in total. The molecule has 0 bridgehead atoms. The number of pyridine rings is 1. The molecule has 1 aromatic heterocycles. The first kappa shape index (κ1) is 10.4. The zero-order valence-corrected chi connectivity index (χ0v) is 8.73. The van der Waals surface area contributed by atoms with Crippen LogP contribution in [0.4, 0.5) is 0 Å². The Morgan fingerprint density at radius 1 is 1.44 bits per heavy atom. The van der Waals surface area contributed by atoms with Gasteiger partial charge in [-0.25, -0.2) is 5.84 Å². The summed E-state index contributed by atoms with van der Waals surface area (Å²) in [6.45, 7) is 0. The van der Waals surface area contributed by atoms with Gasteiger partial charge in [0.2, 0.25) is 0 Å². The van der Waals surface area contributed by atoms with Gasteiger partial charge >= 0.3 is 0 Å². The zero-order valence-electron chi connectivity index (χ0n) is 8.73. The van der Waals surface area contributed by atoms with E-state index in [0.717, 1.165) is 16.5 Å². The standard InChI is InChI=1S/C11H11N3O2/c1-16-8-2-3-9-7(6-8)4-5-13-10(9)11(15)14-12/h2-6H,12H2,1H3,(H,14,15). The minimum Gasteiger partial charge on any atom is -0.497 e. The number of benzene rings is 1. The normalized spacial score (nSPS) is 10.1. The molecule has 0 atom stereocenters. The van der Waals surface area contributed by atoms with Crippen LogP contribution >= 0.6 is 0 Å². The Kier molecular flexibility index (Phi) is 2.70. The van der Waals surface area contributed by atoms with E-state index in [-0.39, 0.29) is 0 Å². The molecule has 0 fully saturated rings. The number of nitrogens with one attached hydrogen (secondary N) is 1. The van der Waals surface area contributed by atoms with E-state index in [1.165, 1.54) is 0 Å². The molecular weight excluding hydrogens is 206 g/mol. The summed E-state index contributed by atoms with van der Waals surface area (Å²) in [4.78, 5) is 15.5. The van der Waals surface area contributed by atoms with Gasteiger partial charge in [0.1, 0.15) is 11.4 Å². The van der Waals surface area contributed by atoms with Crippen molar-refractivity contribution in [1.29, 1.82) is 0 Å². The van der Waals surface area contributed by atoms with E-state index < -0.39 is 5.91 Å². The van der Waals surface area contributed by atoms with Crippen molar-refractivity contribution in [3.63, 3.8) is 0 Å². The average Bonchev–Trinajstić information content (AvgIpc) is 2.36. The Morgan fingerprint density at radius 3 is 2.94 bits per heavy atom. The van der Waals surface area contributed by atoms with Crippen LogP contribution in [-0.2, 0) is 0 Å². The van der Waals surface area contributed by atoms with Crippen molar-refractivity contribution in [3.05, 3.63) is 36.2 Å². The Bertz CT molecular complexity index is 540. The van der Waals surface area contributed by atoms with E-state index >= 15 is 0 Å². The highest BCUT2D eigenvalue weighted by atomic mass is 16.5. The lowest BCUT2D eigenvalue weighted by Gasteiger charge is -2.05. The predicted molar refractivity (Wildman–Crippen MR) is 59.9 cm³/mol. The number of hydrogen-bond donors (Lipinski definition) is 2. The molecule has 16 heavy (non-hydrogen) atoms. The second-order valence-corrected chi connectivity index (χ2v) is 3.22. The Hall–Kier alpha value is -2.14. The summed E-state index contributed by atoms with van der Waals surface area (Å²) in [6, 6.07) is 7.21. The molecule has 0 saturated carbocycles. The number of aromatic nitrogens is 1. The first-order valence-electron chi connectivity index (χ1n) is 4.70. The van der Waals surface area contributed by atoms with Gasteiger partial charge in [-0.05, 0) is 29.7 Å². The third-order valence-electron chi connectivity index (χ3n) is 2.32. The van der Waals surface area contributed by atoms with Crippen molar-refractivity contribution < 1.29 is 9.53 Å². The largest absolute Gasteiger partial charge is 0.497 e. The molecule has 0 aliphatic carbocycles. The van der Waals surface area contributed by atoms with E-state index in [9.17, 15) is 4.79 Å². The number of hydrogen-bond acceptors (Lipinski definition) is 4. The highest BCUT2D eigenvalue weighted by Gasteiger charge is 2.10. The van der Waals surface area contributed by atoms with Gasteiger partial charge in [0.25, 0.3) is 5.91 Å². The molecule has 0 aliphatic heterocycles. The van der Waals surface area contributed by atoms with Crippen molar-refractivity contribution in [2.75, 3.05) is 7.11 Å². The maximum atomic E-state index is 11.5. The van der Waals surface area contributed by atoms with Gasteiger partial charge in [-0.3, -0.25) is 15.2 Å². The molecular formula is C11H11N3O2. The highest BCUT2D eigenvalue weighted by molar-refractivity contribution is 6.05. The number of nitrogens with two attached hydrogens (primary N) is 1. The molecule has 1 amide bonds. The maximum Gasteiger partial charge on any atom is 0.284 e. The highest BCUT2D eigenvalue weighted by Crippen LogP contribution is 2.22. The maximum absolute atomic E-state index is 11.5. The van der Waals surface area contributed by atoms with Crippen LogP contribution in [0.2, 0.25) is 0 Å². The van der Waals surface area contributed by atoms with E-state index in [1.54, 1.807) is 25.4 Å². The van der Waals surface area contributed by atoms with Gasteiger partial charge in [-0.15, -0.1) is 0 Å². The number of fused-ring (bicyclic) bond motifs is 1.